The number of halogens is 4. The number of esters is 1. The monoisotopic (exact) mass is 564 g/mol. The molecular formula is C30H33ClF3O3P. The Labute approximate surface area is 228 Å². The fourth-order valence-electron chi connectivity index (χ4n) is 4.78. The van der Waals surface area contributed by atoms with Crippen LogP contribution in [0.3, 0.4) is 0 Å². The minimum atomic E-state index is -5.37. The van der Waals surface area contributed by atoms with Crippen LogP contribution in [0.15, 0.2) is 91.0 Å². The van der Waals surface area contributed by atoms with E-state index in [0.29, 0.717) is 22.3 Å². The van der Waals surface area contributed by atoms with E-state index in [0.717, 1.165) is 0 Å². The first-order valence-corrected chi connectivity index (χ1v) is 14.7. The van der Waals surface area contributed by atoms with Gasteiger partial charge in [0.15, 0.2) is 0 Å². The van der Waals surface area contributed by atoms with Crippen LogP contribution >= 0.6 is 18.9 Å². The summed E-state index contributed by atoms with van der Waals surface area (Å²) in [6.07, 6.45) is -6.01. The topological polar surface area (TPSA) is 49.4 Å². The molecular weight excluding hydrogens is 532 g/mol. The van der Waals surface area contributed by atoms with Crippen LogP contribution in [-0.4, -0.2) is 28.0 Å². The highest BCUT2D eigenvalue weighted by Gasteiger charge is 2.78. The molecule has 0 aliphatic rings. The van der Waals surface area contributed by atoms with Gasteiger partial charge in [-0.05, 0) is 63.6 Å². The number of alkyl halides is 4. The van der Waals surface area contributed by atoms with Gasteiger partial charge in [0.25, 0.3) is 4.62 Å². The number of hydrogen-bond acceptors (Lipinski definition) is 3. The van der Waals surface area contributed by atoms with Crippen molar-refractivity contribution >= 4 is 40.7 Å². The van der Waals surface area contributed by atoms with Crippen LogP contribution in [0.2, 0.25) is 0 Å². The summed E-state index contributed by atoms with van der Waals surface area (Å²) in [5.74, 6) is -1.38. The molecule has 0 aromatic heterocycles. The van der Waals surface area contributed by atoms with Gasteiger partial charge in [0.05, 0.1) is 5.60 Å². The second-order valence-electron chi connectivity index (χ2n) is 10.2. The van der Waals surface area contributed by atoms with Gasteiger partial charge in [-0.1, -0.05) is 86.0 Å². The zero-order chi connectivity index (χ0) is 28.2. The Morgan fingerprint density at radius 3 is 1.47 bits per heavy atom. The van der Waals surface area contributed by atoms with Crippen molar-refractivity contribution in [3.63, 3.8) is 0 Å². The van der Waals surface area contributed by atoms with Crippen LogP contribution in [0.1, 0.15) is 47.0 Å². The van der Waals surface area contributed by atoms with E-state index in [1.165, 1.54) is 0 Å². The van der Waals surface area contributed by atoms with E-state index < -0.39 is 41.6 Å². The molecule has 204 valence electrons. The van der Waals surface area contributed by atoms with E-state index in [2.05, 4.69) is 0 Å². The summed E-state index contributed by atoms with van der Waals surface area (Å²) in [4.78, 5) is 14.3. The highest BCUT2D eigenvalue weighted by molar-refractivity contribution is 7.98. The van der Waals surface area contributed by atoms with Crippen molar-refractivity contribution in [3.8, 4) is 0 Å². The first kappa shape index (κ1) is 30.1. The molecule has 2 atom stereocenters. The highest BCUT2D eigenvalue weighted by atomic mass is 35.5. The average Bonchev–Trinajstić information content (AvgIpc) is 2.87. The Bertz CT molecular complexity index is 1100. The zero-order valence-electron chi connectivity index (χ0n) is 22.0. The van der Waals surface area contributed by atoms with Crippen molar-refractivity contribution in [1.29, 1.82) is 0 Å². The van der Waals surface area contributed by atoms with Crippen molar-refractivity contribution in [2.24, 2.45) is 0 Å². The molecule has 38 heavy (non-hydrogen) atoms. The predicted molar refractivity (Wildman–Crippen MR) is 148 cm³/mol. The van der Waals surface area contributed by atoms with E-state index in [1.54, 1.807) is 119 Å². The van der Waals surface area contributed by atoms with Gasteiger partial charge in [-0.2, -0.15) is 13.2 Å². The van der Waals surface area contributed by atoms with Gasteiger partial charge in [0.1, 0.15) is 28.8 Å². The Kier molecular flexibility index (Phi) is 9.02. The normalized spacial score (nSPS) is 15.8. The third kappa shape index (κ3) is 5.23. The fourth-order valence-corrected chi connectivity index (χ4v) is 10.8. The summed E-state index contributed by atoms with van der Waals surface area (Å²) in [7, 11) is -3.92. The molecule has 0 heterocycles. The number of hydrogen-bond donors (Lipinski definition) is 0. The van der Waals surface area contributed by atoms with Crippen LogP contribution in [0.25, 0.3) is 0 Å². The third-order valence-corrected chi connectivity index (χ3v) is 12.3. The van der Waals surface area contributed by atoms with E-state index in [-0.39, 0.29) is 6.42 Å². The lowest BCUT2D eigenvalue weighted by molar-refractivity contribution is -0.542. The summed E-state index contributed by atoms with van der Waals surface area (Å²) in [6.45, 7) is 6.32. The molecule has 0 aliphatic heterocycles. The van der Waals surface area contributed by atoms with Gasteiger partial charge < -0.3 is 9.84 Å². The summed E-state index contributed by atoms with van der Waals surface area (Å²) >= 11 is 7.29. The number of carbonyl (C=O) groups is 1. The Balaban J connectivity index is 2.65. The van der Waals surface area contributed by atoms with Crippen LogP contribution < -0.4 is 21.0 Å². The number of ether oxygens (including phenoxy) is 1. The Morgan fingerprint density at radius 2 is 1.18 bits per heavy atom. The minimum absolute atomic E-state index is 0.0708. The highest BCUT2D eigenvalue weighted by Crippen LogP contribution is 2.73. The molecule has 0 N–H and O–H groups in total. The molecule has 0 radical (unpaired) electrons. The first-order chi connectivity index (χ1) is 17.8. The van der Waals surface area contributed by atoms with Crippen LogP contribution in [-0.2, 0) is 9.53 Å². The third-order valence-electron chi connectivity index (χ3n) is 6.44. The lowest BCUT2D eigenvalue weighted by atomic mass is 9.91. The van der Waals surface area contributed by atoms with Crippen LogP contribution in [0, 0.1) is 0 Å². The number of carbonyl (C=O) groups excluding carboxylic acids is 1. The quantitative estimate of drug-likeness (QED) is 0.179. The number of rotatable bonds is 9. The van der Waals surface area contributed by atoms with Crippen molar-refractivity contribution < 1.29 is 27.8 Å². The van der Waals surface area contributed by atoms with Gasteiger partial charge in [-0.3, -0.25) is 0 Å². The van der Waals surface area contributed by atoms with Crippen LogP contribution in [0.5, 0.6) is 0 Å². The second kappa shape index (κ2) is 11.4. The molecule has 3 rings (SSSR count). The van der Waals surface area contributed by atoms with E-state index in [9.17, 15) is 9.90 Å². The van der Waals surface area contributed by atoms with Crippen molar-refractivity contribution in [2.75, 3.05) is 0 Å². The summed E-state index contributed by atoms with van der Waals surface area (Å²) < 4.78 is 48.2. The second-order valence-corrected chi connectivity index (χ2v) is 14.6. The van der Waals surface area contributed by atoms with Crippen molar-refractivity contribution in [3.05, 3.63) is 91.0 Å². The van der Waals surface area contributed by atoms with E-state index >= 15 is 13.2 Å². The predicted octanol–water partition coefficient (Wildman–Crippen LogP) is 6.11. The molecule has 0 saturated carbocycles. The summed E-state index contributed by atoms with van der Waals surface area (Å²) in [5, 5.41) is 15.8. The minimum Gasteiger partial charge on any atom is -0.838 e. The van der Waals surface area contributed by atoms with Crippen LogP contribution in [0.4, 0.5) is 13.2 Å². The lowest BCUT2D eigenvalue weighted by Crippen LogP contribution is -2.75. The molecule has 0 aliphatic carbocycles. The van der Waals surface area contributed by atoms with Crippen molar-refractivity contribution in [1.82, 2.24) is 0 Å². The Morgan fingerprint density at radius 1 is 0.816 bits per heavy atom. The van der Waals surface area contributed by atoms with Gasteiger partial charge in [0, 0.05) is 0 Å². The molecule has 8 heteroatoms. The van der Waals surface area contributed by atoms with Gasteiger partial charge in [-0.15, -0.1) is 0 Å². The van der Waals surface area contributed by atoms with E-state index in [4.69, 9.17) is 16.3 Å². The standard InChI is InChI=1S/C30H33ClF3O3P/c1-5-6-22-28(36,30(32,33)34)29(31,26(35)37-27(2,3)4)38(23-16-10-7-11-17-23,24-18-12-8-13-19-24)25-20-14-9-15-21-25/h7-21H,5-6,22H2,1-4H3. The molecule has 0 amide bonds. The van der Waals surface area contributed by atoms with Crippen molar-refractivity contribution in [2.45, 2.75) is 69.0 Å². The maximum Gasteiger partial charge on any atom is 0.385 e. The maximum absolute atomic E-state index is 15.2. The zero-order valence-corrected chi connectivity index (χ0v) is 23.6. The molecule has 2 unspecified atom stereocenters. The number of unbranched alkanes of at least 4 members (excludes halogenated alkanes) is 1. The van der Waals surface area contributed by atoms with Gasteiger partial charge >= 0.3 is 12.1 Å². The molecule has 3 aromatic rings. The summed E-state index contributed by atoms with van der Waals surface area (Å²) in [5.41, 5.74) is -5.08. The fraction of sp³-hybridized carbons (Fsp3) is 0.367. The molecule has 3 aromatic carbocycles. The first-order valence-electron chi connectivity index (χ1n) is 12.5. The molecule has 0 spiro atoms. The largest absolute Gasteiger partial charge is 0.838 e. The molecule has 3 nitrogen and oxygen atoms in total. The molecule has 0 bridgehead atoms. The maximum atomic E-state index is 15.2. The smallest absolute Gasteiger partial charge is 0.385 e. The Hall–Kier alpha value is -2.40. The molecule has 0 fully saturated rings. The van der Waals surface area contributed by atoms with Gasteiger partial charge in [-0.25, -0.2) is 4.79 Å². The lowest BCUT2D eigenvalue weighted by Gasteiger charge is -2.55. The average molecular weight is 565 g/mol. The van der Waals surface area contributed by atoms with E-state index in [1.807, 2.05) is 0 Å². The SMILES string of the molecule is CCCCC([O-])(C(F)(F)F)C(Cl)(C(=O)OC(C)(C)C)[P+](c1ccccc1)(c1ccccc1)c1ccccc1. The summed E-state index contributed by atoms with van der Waals surface area (Å²) in [6, 6.07) is 25.1. The molecule has 0 saturated heterocycles. The van der Waals surface area contributed by atoms with Gasteiger partial charge in [0.2, 0.25) is 0 Å². The number of benzene rings is 3.